The lowest BCUT2D eigenvalue weighted by Gasteiger charge is -2.32. The van der Waals surface area contributed by atoms with Gasteiger partial charge in [-0.05, 0) is 76.4 Å². The lowest BCUT2D eigenvalue weighted by atomic mass is 9.79. The quantitative estimate of drug-likeness (QED) is 0.185. The predicted molar refractivity (Wildman–Crippen MR) is 195 cm³/mol. The Labute approximate surface area is 287 Å². The van der Waals surface area contributed by atoms with Gasteiger partial charge in [0.25, 0.3) is 0 Å². The molecule has 11 rings (SSSR count). The number of para-hydroxylation sites is 1. The summed E-state index contributed by atoms with van der Waals surface area (Å²) in [5.41, 5.74) is 11.5. The monoisotopic (exact) mass is 646 g/mol. The van der Waals surface area contributed by atoms with Crippen molar-refractivity contribution in [2.75, 3.05) is 0 Å². The van der Waals surface area contributed by atoms with E-state index in [1.807, 2.05) is 54.6 Å². The maximum absolute atomic E-state index is 14.3. The zero-order chi connectivity index (χ0) is 33.1. The number of hydrogen-bond donors (Lipinski definition) is 0. The Balaban J connectivity index is 1.04. The van der Waals surface area contributed by atoms with Crippen LogP contribution in [0, 0.1) is 5.92 Å². The number of imide groups is 1. The molecule has 0 bridgehead atoms. The SMILES string of the molecule is O=C1C2C=CC(c3ccccc3)=CC2=C2C=CC3OC4C=C(n5c6ccccc6c6cc(-c7ccccc7)ccc65)C=CC4=[N+]4C(=O)N1C2=C34. The van der Waals surface area contributed by atoms with Crippen molar-refractivity contribution in [3.63, 3.8) is 0 Å². The van der Waals surface area contributed by atoms with Crippen LogP contribution in [0.25, 0.3) is 44.2 Å². The Hall–Kier alpha value is -6.37. The van der Waals surface area contributed by atoms with Crippen LogP contribution in [0.2, 0.25) is 0 Å². The van der Waals surface area contributed by atoms with E-state index in [4.69, 9.17) is 4.74 Å². The third kappa shape index (κ3) is 3.68. The number of carbonyl (C=O) groups is 2. The summed E-state index contributed by atoms with van der Waals surface area (Å²) in [4.78, 5) is 29.7. The molecule has 0 spiro atoms. The molecule has 3 unspecified atom stereocenters. The van der Waals surface area contributed by atoms with E-state index in [1.165, 1.54) is 26.8 Å². The smallest absolute Gasteiger partial charge is 0.349 e. The lowest BCUT2D eigenvalue weighted by Crippen LogP contribution is -2.46. The fourth-order valence-corrected chi connectivity index (χ4v) is 8.45. The summed E-state index contributed by atoms with van der Waals surface area (Å²) in [7, 11) is 0. The molecule has 0 N–H and O–H groups in total. The van der Waals surface area contributed by atoms with Gasteiger partial charge in [-0.25, -0.2) is 4.79 Å². The summed E-state index contributed by atoms with van der Waals surface area (Å²) >= 11 is 0. The topological polar surface area (TPSA) is 54.6 Å². The lowest BCUT2D eigenvalue weighted by molar-refractivity contribution is -0.394. The van der Waals surface area contributed by atoms with Gasteiger partial charge in [-0.3, -0.25) is 0 Å². The second-order valence-electron chi connectivity index (χ2n) is 13.3. The third-order valence-corrected chi connectivity index (χ3v) is 10.7. The third-order valence-electron chi connectivity index (χ3n) is 10.7. The summed E-state index contributed by atoms with van der Waals surface area (Å²) in [6.07, 6.45) is 15.2. The standard InChI is InChI=1S/C44H28N3O3/c48-43-33-18-15-28(26-9-3-1-4-10-26)23-34(33)32-19-22-39-42-41(32)47(43)44(49)46(42)38-21-17-30(25-40(38)50-39)45-36-14-8-7-13-31(36)35-24-29(16-20-37(35)45)27-11-5-2-6-12-27/h1-25,33,39-40H/q+1. The first-order valence-electron chi connectivity index (χ1n) is 17.0. The molecular weight excluding hydrogens is 619 g/mol. The molecule has 3 atom stereocenters. The molecule has 0 fully saturated rings. The van der Waals surface area contributed by atoms with Gasteiger partial charge in [-0.15, -0.1) is 4.90 Å². The van der Waals surface area contributed by atoms with Crippen molar-refractivity contribution in [2.24, 2.45) is 5.92 Å². The minimum Gasteiger partial charge on any atom is -0.349 e. The normalized spacial score (nSPS) is 23.1. The number of carbonyl (C=O) groups excluding carboxylic acids is 2. The summed E-state index contributed by atoms with van der Waals surface area (Å²) in [6, 6.07) is 35.3. The van der Waals surface area contributed by atoms with Gasteiger partial charge in [0, 0.05) is 22.0 Å². The van der Waals surface area contributed by atoms with Crippen molar-refractivity contribution >= 4 is 50.7 Å². The van der Waals surface area contributed by atoms with Crippen molar-refractivity contribution in [1.29, 1.82) is 0 Å². The minimum atomic E-state index is -0.527. The molecule has 0 radical (unpaired) electrons. The van der Waals surface area contributed by atoms with Crippen LogP contribution in [-0.2, 0) is 9.53 Å². The van der Waals surface area contributed by atoms with Crippen molar-refractivity contribution in [1.82, 2.24) is 9.47 Å². The van der Waals surface area contributed by atoms with Crippen molar-refractivity contribution in [3.05, 3.63) is 180 Å². The second kappa shape index (κ2) is 10.1. The van der Waals surface area contributed by atoms with Crippen LogP contribution < -0.4 is 0 Å². The Morgan fingerprint density at radius 2 is 1.42 bits per heavy atom. The number of ether oxygens (including phenoxy) is 1. The van der Waals surface area contributed by atoms with Crippen LogP contribution in [0.3, 0.4) is 0 Å². The highest BCUT2D eigenvalue weighted by Gasteiger charge is 2.60. The van der Waals surface area contributed by atoms with Crippen molar-refractivity contribution in [3.8, 4) is 11.1 Å². The molecule has 0 saturated carbocycles. The van der Waals surface area contributed by atoms with E-state index in [-0.39, 0.29) is 11.9 Å². The Morgan fingerprint density at radius 3 is 2.26 bits per heavy atom. The van der Waals surface area contributed by atoms with Gasteiger partial charge in [0.15, 0.2) is 11.4 Å². The molecule has 236 valence electrons. The molecule has 3 aliphatic carbocycles. The summed E-state index contributed by atoms with van der Waals surface area (Å²) < 4.78 is 10.8. The Kier molecular flexibility index (Phi) is 5.56. The van der Waals surface area contributed by atoms with E-state index in [0.29, 0.717) is 17.1 Å². The van der Waals surface area contributed by atoms with Gasteiger partial charge in [0.1, 0.15) is 23.8 Å². The largest absolute Gasteiger partial charge is 0.511 e. The number of benzene rings is 4. The van der Waals surface area contributed by atoms with Gasteiger partial charge < -0.3 is 9.30 Å². The average Bonchev–Trinajstić information content (AvgIpc) is 3.67. The number of aromatic nitrogens is 1. The fourth-order valence-electron chi connectivity index (χ4n) is 8.45. The molecule has 50 heavy (non-hydrogen) atoms. The van der Waals surface area contributed by atoms with E-state index >= 15 is 0 Å². The van der Waals surface area contributed by atoms with Gasteiger partial charge in [0.05, 0.1) is 11.0 Å². The average molecular weight is 647 g/mol. The summed E-state index contributed by atoms with van der Waals surface area (Å²) in [5, 5.41) is 2.34. The zero-order valence-corrected chi connectivity index (χ0v) is 26.7. The molecule has 6 nitrogen and oxygen atoms in total. The van der Waals surface area contributed by atoms with E-state index in [2.05, 4.69) is 102 Å². The molecule has 4 aromatic carbocycles. The van der Waals surface area contributed by atoms with Crippen molar-refractivity contribution < 1.29 is 18.9 Å². The molecule has 1 aromatic heterocycles. The number of nitrogens with zero attached hydrogens (tertiary/aromatic N) is 3. The van der Waals surface area contributed by atoms with E-state index in [9.17, 15) is 9.59 Å². The maximum atomic E-state index is 14.3. The molecule has 6 aliphatic rings. The predicted octanol–water partition coefficient (Wildman–Crippen LogP) is 8.42. The highest BCUT2D eigenvalue weighted by atomic mass is 16.5. The second-order valence-corrected chi connectivity index (χ2v) is 13.3. The van der Waals surface area contributed by atoms with E-state index in [1.54, 1.807) is 4.58 Å². The van der Waals surface area contributed by atoms with Crippen molar-refractivity contribution in [2.45, 2.75) is 12.2 Å². The molecule has 4 heterocycles. The van der Waals surface area contributed by atoms with E-state index < -0.39 is 18.1 Å². The molecule has 0 saturated heterocycles. The first-order valence-corrected chi connectivity index (χ1v) is 17.0. The van der Waals surface area contributed by atoms with Crippen LogP contribution in [0.4, 0.5) is 4.79 Å². The first kappa shape index (κ1) is 27.6. The van der Waals surface area contributed by atoms with Gasteiger partial charge in [-0.2, -0.15) is 9.37 Å². The first-order chi connectivity index (χ1) is 24.6. The minimum absolute atomic E-state index is 0.229. The zero-order valence-electron chi connectivity index (χ0n) is 26.7. The number of hydrogen-bond acceptors (Lipinski definition) is 3. The Morgan fingerprint density at radius 1 is 0.660 bits per heavy atom. The van der Waals surface area contributed by atoms with Gasteiger partial charge in [-0.1, -0.05) is 103 Å². The van der Waals surface area contributed by atoms with Crippen LogP contribution in [0.15, 0.2) is 174 Å². The fraction of sp³-hybridized carbons (Fsp3) is 0.0682. The number of urea groups is 1. The van der Waals surface area contributed by atoms with Crippen LogP contribution in [0.1, 0.15) is 5.56 Å². The Bertz CT molecular complexity index is 2660. The molecule has 3 aliphatic heterocycles. The number of rotatable bonds is 3. The summed E-state index contributed by atoms with van der Waals surface area (Å²) in [6.45, 7) is 0. The summed E-state index contributed by atoms with van der Waals surface area (Å²) in [5.74, 6) is -0.756. The van der Waals surface area contributed by atoms with Crippen LogP contribution >= 0.6 is 0 Å². The van der Waals surface area contributed by atoms with Crippen LogP contribution in [0.5, 0.6) is 0 Å². The number of fused-ring (bicyclic) bond motifs is 5. The maximum Gasteiger partial charge on any atom is 0.511 e. The number of amides is 3. The molecular formula is C44H28N3O3+. The van der Waals surface area contributed by atoms with Gasteiger partial charge in [0.2, 0.25) is 0 Å². The highest BCUT2D eigenvalue weighted by Crippen LogP contribution is 2.48. The highest BCUT2D eigenvalue weighted by molar-refractivity contribution is 6.13. The van der Waals surface area contributed by atoms with Gasteiger partial charge >= 0.3 is 11.9 Å². The molecule has 3 amide bonds. The number of allylic oxidation sites excluding steroid dienone is 6. The molecule has 6 heteroatoms. The van der Waals surface area contributed by atoms with E-state index in [0.717, 1.165) is 39.0 Å². The molecule has 5 aromatic rings. The van der Waals surface area contributed by atoms with Crippen LogP contribution in [-0.4, -0.2) is 43.9 Å².